The van der Waals surface area contributed by atoms with Crippen LogP contribution in [0, 0.1) is 5.92 Å². The fourth-order valence-electron chi connectivity index (χ4n) is 3.80. The first kappa shape index (κ1) is 24.0. The number of ether oxygens (including phenoxy) is 2. The molecule has 172 valence electrons. The van der Waals surface area contributed by atoms with Crippen LogP contribution in [0.1, 0.15) is 26.3 Å². The highest BCUT2D eigenvalue weighted by atomic mass is 16.5. The Morgan fingerprint density at radius 1 is 1.00 bits per heavy atom. The van der Waals surface area contributed by atoms with Crippen LogP contribution < -0.4 is 4.74 Å². The molecule has 1 atom stereocenters. The minimum absolute atomic E-state index is 0.330. The van der Waals surface area contributed by atoms with Gasteiger partial charge in [-0.25, -0.2) is 4.68 Å². The van der Waals surface area contributed by atoms with Gasteiger partial charge in [0, 0.05) is 38.9 Å². The second-order valence-corrected chi connectivity index (χ2v) is 8.44. The second kappa shape index (κ2) is 11.8. The van der Waals surface area contributed by atoms with Gasteiger partial charge in [-0.2, -0.15) is 5.10 Å². The van der Waals surface area contributed by atoms with Crippen molar-refractivity contribution in [1.29, 1.82) is 0 Å². The molecule has 3 rings (SSSR count). The molecule has 0 aliphatic heterocycles. The Balaban J connectivity index is 1.96. The maximum Gasteiger partial charge on any atom is 0.222 e. The molecule has 0 saturated carbocycles. The van der Waals surface area contributed by atoms with Crippen molar-refractivity contribution in [3.05, 3.63) is 66.2 Å². The average molecular weight is 438 g/mol. The molecule has 6 heteroatoms. The van der Waals surface area contributed by atoms with Gasteiger partial charge in [-0.1, -0.05) is 62.4 Å². The Morgan fingerprint density at radius 3 is 2.28 bits per heavy atom. The van der Waals surface area contributed by atoms with E-state index in [2.05, 4.69) is 30.9 Å². The second-order valence-electron chi connectivity index (χ2n) is 8.44. The summed E-state index contributed by atoms with van der Waals surface area (Å²) >= 11 is 0. The van der Waals surface area contributed by atoms with E-state index in [1.54, 1.807) is 4.68 Å². The van der Waals surface area contributed by atoms with Gasteiger partial charge in [0.25, 0.3) is 0 Å². The SMILES string of the molecule is CCOCC(O)CN(Cc1c(-c2ccccc2)nn(C)c1Oc1ccccc1)CC(C)C. The molecule has 1 N–H and O–H groups in total. The molecule has 2 aromatic carbocycles. The number of benzene rings is 2. The van der Waals surface area contributed by atoms with Gasteiger partial charge in [0.05, 0.1) is 18.3 Å². The van der Waals surface area contributed by atoms with Gasteiger partial charge in [0.2, 0.25) is 5.88 Å². The summed E-state index contributed by atoms with van der Waals surface area (Å²) < 4.78 is 13.5. The molecule has 0 aliphatic carbocycles. The summed E-state index contributed by atoms with van der Waals surface area (Å²) in [7, 11) is 1.91. The summed E-state index contributed by atoms with van der Waals surface area (Å²) in [4.78, 5) is 2.26. The third-order valence-electron chi connectivity index (χ3n) is 5.08. The van der Waals surface area contributed by atoms with Gasteiger partial charge in [-0.05, 0) is 25.0 Å². The Bertz CT molecular complexity index is 942. The van der Waals surface area contributed by atoms with E-state index in [1.807, 2.05) is 62.5 Å². The van der Waals surface area contributed by atoms with E-state index in [0.29, 0.717) is 38.1 Å². The molecule has 6 nitrogen and oxygen atoms in total. The van der Waals surface area contributed by atoms with Crippen molar-refractivity contribution in [3.63, 3.8) is 0 Å². The van der Waals surface area contributed by atoms with E-state index in [-0.39, 0.29) is 0 Å². The van der Waals surface area contributed by atoms with Crippen molar-refractivity contribution < 1.29 is 14.6 Å². The topological polar surface area (TPSA) is 59.8 Å². The zero-order chi connectivity index (χ0) is 22.9. The molecular weight excluding hydrogens is 402 g/mol. The molecule has 3 aromatic rings. The van der Waals surface area contributed by atoms with Crippen molar-refractivity contribution in [3.8, 4) is 22.9 Å². The van der Waals surface area contributed by atoms with Crippen LogP contribution in [0.15, 0.2) is 60.7 Å². The molecule has 0 amide bonds. The lowest BCUT2D eigenvalue weighted by Gasteiger charge is -2.27. The van der Waals surface area contributed by atoms with Gasteiger partial charge >= 0.3 is 0 Å². The van der Waals surface area contributed by atoms with Crippen LogP contribution in [-0.4, -0.2) is 52.2 Å². The van der Waals surface area contributed by atoms with Crippen molar-refractivity contribution in [2.45, 2.75) is 33.4 Å². The minimum Gasteiger partial charge on any atom is -0.439 e. The average Bonchev–Trinajstić information content (AvgIpc) is 3.08. The summed E-state index contributed by atoms with van der Waals surface area (Å²) in [5.41, 5.74) is 2.94. The van der Waals surface area contributed by atoms with Crippen molar-refractivity contribution in [2.75, 3.05) is 26.3 Å². The lowest BCUT2D eigenvalue weighted by molar-refractivity contribution is 0.0174. The standard InChI is InChI=1S/C26H35N3O3/c1-5-31-19-22(30)17-29(16-20(2)3)18-24-25(21-12-8-6-9-13-21)27-28(4)26(24)32-23-14-10-7-11-15-23/h6-15,20,22,30H,5,16-19H2,1-4H3. The number of hydrogen-bond acceptors (Lipinski definition) is 5. The summed E-state index contributed by atoms with van der Waals surface area (Å²) in [5, 5.41) is 15.3. The molecule has 1 aromatic heterocycles. The largest absolute Gasteiger partial charge is 0.439 e. The molecule has 0 fully saturated rings. The van der Waals surface area contributed by atoms with E-state index in [9.17, 15) is 5.11 Å². The number of hydrogen-bond donors (Lipinski definition) is 1. The number of rotatable bonds is 12. The first-order chi connectivity index (χ1) is 15.5. The van der Waals surface area contributed by atoms with E-state index < -0.39 is 6.10 Å². The van der Waals surface area contributed by atoms with Gasteiger partial charge in [-0.3, -0.25) is 4.90 Å². The molecule has 32 heavy (non-hydrogen) atoms. The Kier molecular flexibility index (Phi) is 8.85. The zero-order valence-electron chi connectivity index (χ0n) is 19.6. The lowest BCUT2D eigenvalue weighted by Crippen LogP contribution is -2.37. The summed E-state index contributed by atoms with van der Waals surface area (Å²) in [6.07, 6.45) is -0.552. The van der Waals surface area contributed by atoms with Crippen LogP contribution in [0.4, 0.5) is 0 Å². The number of aryl methyl sites for hydroxylation is 1. The van der Waals surface area contributed by atoms with Crippen LogP contribution in [0.5, 0.6) is 11.6 Å². The molecular formula is C26H35N3O3. The number of aromatic nitrogens is 2. The van der Waals surface area contributed by atoms with Gasteiger partial charge in [0.15, 0.2) is 0 Å². The first-order valence-electron chi connectivity index (χ1n) is 11.3. The molecule has 0 aliphatic rings. The van der Waals surface area contributed by atoms with Crippen LogP contribution in [-0.2, 0) is 18.3 Å². The molecule has 1 heterocycles. The Morgan fingerprint density at radius 2 is 1.66 bits per heavy atom. The molecule has 0 spiro atoms. The van der Waals surface area contributed by atoms with Crippen LogP contribution in [0.2, 0.25) is 0 Å². The predicted molar refractivity (Wildman–Crippen MR) is 128 cm³/mol. The summed E-state index contributed by atoms with van der Waals surface area (Å²) in [5.74, 6) is 1.93. The predicted octanol–water partition coefficient (Wildman–Crippen LogP) is 4.73. The number of para-hydroxylation sites is 1. The van der Waals surface area contributed by atoms with Crippen molar-refractivity contribution in [2.24, 2.45) is 13.0 Å². The zero-order valence-corrected chi connectivity index (χ0v) is 19.6. The van der Waals surface area contributed by atoms with Gasteiger partial charge < -0.3 is 14.6 Å². The summed E-state index contributed by atoms with van der Waals surface area (Å²) in [6, 6.07) is 19.9. The van der Waals surface area contributed by atoms with E-state index in [1.165, 1.54) is 0 Å². The number of aliphatic hydroxyl groups is 1. The Labute approximate surface area is 191 Å². The highest BCUT2D eigenvalue weighted by Crippen LogP contribution is 2.34. The van der Waals surface area contributed by atoms with Gasteiger partial charge in [0.1, 0.15) is 11.4 Å². The third-order valence-corrected chi connectivity index (χ3v) is 5.08. The third kappa shape index (κ3) is 6.66. The van der Waals surface area contributed by atoms with Crippen LogP contribution >= 0.6 is 0 Å². The number of aliphatic hydroxyl groups excluding tert-OH is 1. The van der Waals surface area contributed by atoms with Crippen LogP contribution in [0.25, 0.3) is 11.3 Å². The lowest BCUT2D eigenvalue weighted by atomic mass is 10.1. The van der Waals surface area contributed by atoms with Gasteiger partial charge in [-0.15, -0.1) is 0 Å². The highest BCUT2D eigenvalue weighted by Gasteiger charge is 2.23. The first-order valence-corrected chi connectivity index (χ1v) is 11.3. The normalized spacial score (nSPS) is 12.5. The fraction of sp³-hybridized carbons (Fsp3) is 0.423. The monoisotopic (exact) mass is 437 g/mol. The molecule has 0 radical (unpaired) electrons. The molecule has 1 unspecified atom stereocenters. The minimum atomic E-state index is -0.552. The summed E-state index contributed by atoms with van der Waals surface area (Å²) in [6.45, 7) is 9.21. The molecule has 0 saturated heterocycles. The van der Waals surface area contributed by atoms with Crippen molar-refractivity contribution >= 4 is 0 Å². The van der Waals surface area contributed by atoms with Crippen molar-refractivity contribution in [1.82, 2.24) is 14.7 Å². The maximum absolute atomic E-state index is 10.5. The Hall–Kier alpha value is -2.67. The van der Waals surface area contributed by atoms with E-state index >= 15 is 0 Å². The fourth-order valence-corrected chi connectivity index (χ4v) is 3.80. The molecule has 0 bridgehead atoms. The van der Waals surface area contributed by atoms with Crippen LogP contribution in [0.3, 0.4) is 0 Å². The smallest absolute Gasteiger partial charge is 0.222 e. The van der Waals surface area contributed by atoms with E-state index in [4.69, 9.17) is 14.6 Å². The maximum atomic E-state index is 10.5. The van der Waals surface area contributed by atoms with E-state index in [0.717, 1.165) is 29.1 Å². The highest BCUT2D eigenvalue weighted by molar-refractivity contribution is 5.65. The number of nitrogens with zero attached hydrogens (tertiary/aromatic N) is 3. The quantitative estimate of drug-likeness (QED) is 0.444.